The molecule has 2 aromatic rings. The second-order valence-electron chi connectivity index (χ2n) is 5.99. The highest BCUT2D eigenvalue weighted by atomic mass is 15.4. The van der Waals surface area contributed by atoms with Crippen molar-refractivity contribution in [3.8, 4) is 5.95 Å². The Morgan fingerprint density at radius 1 is 1.05 bits per heavy atom. The summed E-state index contributed by atoms with van der Waals surface area (Å²) >= 11 is 0. The molecule has 2 aromatic heterocycles. The molecule has 0 spiro atoms. The van der Waals surface area contributed by atoms with Crippen molar-refractivity contribution >= 4 is 5.82 Å². The quantitative estimate of drug-likeness (QED) is 0.915. The van der Waals surface area contributed by atoms with Gasteiger partial charge in [-0.1, -0.05) is 0 Å². The van der Waals surface area contributed by atoms with Crippen LogP contribution >= 0.6 is 0 Å². The average Bonchev–Trinajstić information content (AvgIpc) is 2.69. The first-order valence-corrected chi connectivity index (χ1v) is 7.91. The van der Waals surface area contributed by atoms with E-state index in [9.17, 15) is 0 Å². The number of nitrogens with one attached hydrogen (secondary N) is 1. The topological polar surface area (TPSA) is 58.9 Å². The third-order valence-electron chi connectivity index (χ3n) is 4.19. The average molecular weight is 300 g/mol. The maximum Gasteiger partial charge on any atom is 0.252 e. The normalized spacial score (nSPS) is 15.9. The van der Waals surface area contributed by atoms with Crippen molar-refractivity contribution in [1.82, 2.24) is 25.1 Å². The van der Waals surface area contributed by atoms with E-state index in [4.69, 9.17) is 4.98 Å². The second kappa shape index (κ2) is 6.04. The third-order valence-corrected chi connectivity index (χ3v) is 4.19. The molecule has 0 saturated carbocycles. The Kier molecular flexibility index (Phi) is 4.11. The number of aromatic nitrogens is 4. The van der Waals surface area contributed by atoms with Gasteiger partial charge in [0.1, 0.15) is 5.82 Å². The van der Waals surface area contributed by atoms with Crippen LogP contribution in [0, 0.1) is 27.7 Å². The van der Waals surface area contributed by atoms with E-state index in [0.717, 1.165) is 61.1 Å². The van der Waals surface area contributed by atoms with Crippen LogP contribution in [0.25, 0.3) is 5.95 Å². The van der Waals surface area contributed by atoms with E-state index in [-0.39, 0.29) is 0 Å². The molecule has 1 aliphatic rings. The predicted octanol–water partition coefficient (Wildman–Crippen LogP) is 1.70. The van der Waals surface area contributed by atoms with Crippen LogP contribution in [0.4, 0.5) is 5.82 Å². The molecule has 0 unspecified atom stereocenters. The van der Waals surface area contributed by atoms with E-state index in [1.54, 1.807) is 0 Å². The van der Waals surface area contributed by atoms with Gasteiger partial charge in [-0.15, -0.1) is 0 Å². The Morgan fingerprint density at radius 3 is 2.59 bits per heavy atom. The fourth-order valence-corrected chi connectivity index (χ4v) is 2.89. The minimum absolute atomic E-state index is 0.668. The molecule has 0 amide bonds. The summed E-state index contributed by atoms with van der Waals surface area (Å²) in [6.07, 6.45) is 1.14. The van der Waals surface area contributed by atoms with Crippen LogP contribution in [-0.4, -0.2) is 45.9 Å². The first-order valence-electron chi connectivity index (χ1n) is 7.91. The Balaban J connectivity index is 2.04. The number of anilines is 1. The minimum Gasteiger partial charge on any atom is -0.355 e. The van der Waals surface area contributed by atoms with Gasteiger partial charge in [0.15, 0.2) is 0 Å². The SMILES string of the molecule is Cc1cc(C)n(-c2nc(C)c(C)c(N3CCCNCC3)n2)n1. The van der Waals surface area contributed by atoms with Crippen molar-refractivity contribution in [2.45, 2.75) is 34.1 Å². The van der Waals surface area contributed by atoms with Crippen LogP contribution in [0.2, 0.25) is 0 Å². The summed E-state index contributed by atoms with van der Waals surface area (Å²) in [4.78, 5) is 11.8. The molecule has 1 saturated heterocycles. The van der Waals surface area contributed by atoms with Gasteiger partial charge >= 0.3 is 0 Å². The molecule has 1 fully saturated rings. The number of hydrogen-bond donors (Lipinski definition) is 1. The Bertz CT molecular complexity index is 668. The molecule has 118 valence electrons. The highest BCUT2D eigenvalue weighted by Gasteiger charge is 2.18. The maximum absolute atomic E-state index is 4.83. The number of rotatable bonds is 2. The molecule has 1 aliphatic heterocycles. The Morgan fingerprint density at radius 2 is 1.86 bits per heavy atom. The molecule has 3 rings (SSSR count). The highest BCUT2D eigenvalue weighted by Crippen LogP contribution is 2.22. The summed E-state index contributed by atoms with van der Waals surface area (Å²) in [6.45, 7) is 12.3. The van der Waals surface area contributed by atoms with Crippen molar-refractivity contribution < 1.29 is 0 Å². The largest absolute Gasteiger partial charge is 0.355 e. The van der Waals surface area contributed by atoms with Gasteiger partial charge < -0.3 is 10.2 Å². The number of hydrogen-bond acceptors (Lipinski definition) is 5. The molecular formula is C16H24N6. The van der Waals surface area contributed by atoms with Gasteiger partial charge in [0.05, 0.1) is 5.69 Å². The van der Waals surface area contributed by atoms with Gasteiger partial charge in [-0.3, -0.25) is 0 Å². The lowest BCUT2D eigenvalue weighted by Gasteiger charge is -2.24. The van der Waals surface area contributed by atoms with Crippen molar-refractivity contribution in [2.24, 2.45) is 0 Å². The lowest BCUT2D eigenvalue weighted by atomic mass is 10.2. The lowest BCUT2D eigenvalue weighted by Crippen LogP contribution is -2.30. The molecular weight excluding hydrogens is 276 g/mol. The monoisotopic (exact) mass is 300 g/mol. The van der Waals surface area contributed by atoms with Crippen molar-refractivity contribution in [3.05, 3.63) is 28.7 Å². The summed E-state index contributed by atoms with van der Waals surface area (Å²) in [7, 11) is 0. The van der Waals surface area contributed by atoms with Crippen molar-refractivity contribution in [1.29, 1.82) is 0 Å². The molecule has 3 heterocycles. The van der Waals surface area contributed by atoms with Gasteiger partial charge in [-0.2, -0.15) is 10.1 Å². The predicted molar refractivity (Wildman–Crippen MR) is 87.8 cm³/mol. The van der Waals surface area contributed by atoms with Crippen LogP contribution in [0.15, 0.2) is 6.07 Å². The standard InChI is InChI=1S/C16H24N6/c1-11-10-12(2)22(20-11)16-18-14(4)13(3)15(19-16)21-8-5-6-17-7-9-21/h10,17H,5-9H2,1-4H3. The third kappa shape index (κ3) is 2.83. The summed E-state index contributed by atoms with van der Waals surface area (Å²) in [5.74, 6) is 1.71. The van der Waals surface area contributed by atoms with Gasteiger partial charge in [0, 0.05) is 36.6 Å². The summed E-state index contributed by atoms with van der Waals surface area (Å²) in [5.41, 5.74) is 4.22. The zero-order valence-electron chi connectivity index (χ0n) is 13.8. The zero-order chi connectivity index (χ0) is 15.7. The van der Waals surface area contributed by atoms with E-state index < -0.39 is 0 Å². The zero-order valence-corrected chi connectivity index (χ0v) is 13.8. The molecule has 0 radical (unpaired) electrons. The summed E-state index contributed by atoms with van der Waals surface area (Å²) < 4.78 is 1.83. The first-order chi connectivity index (χ1) is 10.6. The van der Waals surface area contributed by atoms with Gasteiger partial charge in [-0.05, 0) is 46.7 Å². The Labute approximate surface area is 131 Å². The van der Waals surface area contributed by atoms with Crippen LogP contribution < -0.4 is 10.2 Å². The summed E-state index contributed by atoms with van der Waals surface area (Å²) in [5, 5.41) is 7.95. The van der Waals surface area contributed by atoms with Gasteiger partial charge in [0.25, 0.3) is 5.95 Å². The van der Waals surface area contributed by atoms with Crippen LogP contribution in [-0.2, 0) is 0 Å². The molecule has 0 atom stereocenters. The molecule has 6 nitrogen and oxygen atoms in total. The Hall–Kier alpha value is -1.95. The first kappa shape index (κ1) is 15.0. The van der Waals surface area contributed by atoms with Crippen molar-refractivity contribution in [3.63, 3.8) is 0 Å². The lowest BCUT2D eigenvalue weighted by molar-refractivity contribution is 0.724. The number of nitrogens with zero attached hydrogens (tertiary/aromatic N) is 5. The molecule has 1 N–H and O–H groups in total. The fraction of sp³-hybridized carbons (Fsp3) is 0.562. The minimum atomic E-state index is 0.668. The number of aryl methyl sites for hydroxylation is 3. The fourth-order valence-electron chi connectivity index (χ4n) is 2.89. The van der Waals surface area contributed by atoms with Gasteiger partial charge in [-0.25, -0.2) is 9.67 Å². The molecule has 0 aromatic carbocycles. The molecule has 6 heteroatoms. The van der Waals surface area contributed by atoms with E-state index in [1.165, 1.54) is 0 Å². The maximum atomic E-state index is 4.83. The summed E-state index contributed by atoms with van der Waals surface area (Å²) in [6, 6.07) is 2.05. The molecule has 22 heavy (non-hydrogen) atoms. The van der Waals surface area contributed by atoms with Gasteiger partial charge in [0.2, 0.25) is 0 Å². The smallest absolute Gasteiger partial charge is 0.252 e. The van der Waals surface area contributed by atoms with E-state index in [0.29, 0.717) is 5.95 Å². The van der Waals surface area contributed by atoms with Crippen LogP contribution in [0.1, 0.15) is 29.1 Å². The highest BCUT2D eigenvalue weighted by molar-refractivity contribution is 5.50. The van der Waals surface area contributed by atoms with Crippen molar-refractivity contribution in [2.75, 3.05) is 31.1 Å². The second-order valence-corrected chi connectivity index (χ2v) is 5.99. The van der Waals surface area contributed by atoms with Crippen LogP contribution in [0.3, 0.4) is 0 Å². The van der Waals surface area contributed by atoms with E-state index in [2.05, 4.69) is 27.2 Å². The van der Waals surface area contributed by atoms with Crippen LogP contribution in [0.5, 0.6) is 0 Å². The van der Waals surface area contributed by atoms with E-state index in [1.807, 2.05) is 31.5 Å². The molecule has 0 bridgehead atoms. The molecule has 0 aliphatic carbocycles. The van der Waals surface area contributed by atoms with E-state index >= 15 is 0 Å².